The molecular formula is C35H22N2. The third-order valence-electron chi connectivity index (χ3n) is 8.03. The molecule has 6 aromatic rings. The number of benzene rings is 5. The standard InChI is InChI=1S/C35H22N2/c1-2-10-23(11-3-1)33-21-34(37-22-36-33)24-18-19-32-28(20-24)27-14-6-9-17-31(27)35(32)29-15-7-4-12-25(29)26-13-5-8-16-30(26)35/h1-22H. The quantitative estimate of drug-likeness (QED) is 0.255. The van der Waals surface area contributed by atoms with Gasteiger partial charge in [0.1, 0.15) is 6.33 Å². The minimum atomic E-state index is -0.307. The summed E-state index contributed by atoms with van der Waals surface area (Å²) in [5, 5.41) is 0. The molecule has 0 amide bonds. The highest BCUT2D eigenvalue weighted by Crippen LogP contribution is 2.62. The van der Waals surface area contributed by atoms with Crippen molar-refractivity contribution in [3.8, 4) is 44.8 Å². The fourth-order valence-corrected chi connectivity index (χ4v) is 6.54. The molecule has 37 heavy (non-hydrogen) atoms. The topological polar surface area (TPSA) is 25.8 Å². The van der Waals surface area contributed by atoms with E-state index < -0.39 is 0 Å². The van der Waals surface area contributed by atoms with Crippen LogP contribution in [0.2, 0.25) is 0 Å². The number of hydrogen-bond donors (Lipinski definition) is 0. The number of hydrogen-bond acceptors (Lipinski definition) is 2. The van der Waals surface area contributed by atoms with Gasteiger partial charge in [0, 0.05) is 11.1 Å². The third-order valence-corrected chi connectivity index (χ3v) is 8.03. The summed E-state index contributed by atoms with van der Waals surface area (Å²) in [6.07, 6.45) is 1.67. The van der Waals surface area contributed by atoms with Crippen molar-refractivity contribution in [2.45, 2.75) is 5.41 Å². The van der Waals surface area contributed by atoms with Gasteiger partial charge in [-0.3, -0.25) is 0 Å². The highest BCUT2D eigenvalue weighted by molar-refractivity contribution is 5.95. The van der Waals surface area contributed by atoms with Crippen molar-refractivity contribution in [3.63, 3.8) is 0 Å². The number of fused-ring (bicyclic) bond motifs is 10. The highest BCUT2D eigenvalue weighted by atomic mass is 14.8. The fourth-order valence-electron chi connectivity index (χ4n) is 6.54. The van der Waals surface area contributed by atoms with Crippen molar-refractivity contribution in [1.29, 1.82) is 0 Å². The van der Waals surface area contributed by atoms with Gasteiger partial charge in [0.25, 0.3) is 0 Å². The van der Waals surface area contributed by atoms with E-state index in [0.717, 1.165) is 22.5 Å². The van der Waals surface area contributed by atoms with Crippen LogP contribution in [0, 0.1) is 0 Å². The van der Waals surface area contributed by atoms with Crippen molar-refractivity contribution in [2.24, 2.45) is 0 Å². The Morgan fingerprint density at radius 2 is 0.865 bits per heavy atom. The van der Waals surface area contributed by atoms with E-state index in [4.69, 9.17) is 0 Å². The van der Waals surface area contributed by atoms with Crippen molar-refractivity contribution >= 4 is 0 Å². The zero-order valence-corrected chi connectivity index (χ0v) is 20.1. The van der Waals surface area contributed by atoms with Crippen LogP contribution in [-0.2, 0) is 5.41 Å². The Kier molecular flexibility index (Phi) is 4.18. The zero-order chi connectivity index (χ0) is 24.4. The maximum Gasteiger partial charge on any atom is 0.116 e. The fraction of sp³-hybridized carbons (Fsp3) is 0.0286. The molecular weight excluding hydrogens is 448 g/mol. The molecule has 1 heterocycles. The Bertz CT molecular complexity index is 1790. The first kappa shape index (κ1) is 20.4. The van der Waals surface area contributed by atoms with Crippen LogP contribution in [0.1, 0.15) is 22.3 Å². The summed E-state index contributed by atoms with van der Waals surface area (Å²) in [6, 6.07) is 46.0. The summed E-state index contributed by atoms with van der Waals surface area (Å²) in [5.41, 5.74) is 14.4. The molecule has 2 heteroatoms. The summed E-state index contributed by atoms with van der Waals surface area (Å²) < 4.78 is 0. The van der Waals surface area contributed by atoms with Crippen LogP contribution in [0.3, 0.4) is 0 Å². The molecule has 2 nitrogen and oxygen atoms in total. The van der Waals surface area contributed by atoms with E-state index in [9.17, 15) is 0 Å². The van der Waals surface area contributed by atoms with Crippen molar-refractivity contribution < 1.29 is 0 Å². The van der Waals surface area contributed by atoms with Crippen LogP contribution in [0.25, 0.3) is 44.8 Å². The van der Waals surface area contributed by atoms with E-state index in [1.807, 2.05) is 18.2 Å². The van der Waals surface area contributed by atoms with Gasteiger partial charge in [-0.2, -0.15) is 0 Å². The maximum atomic E-state index is 4.67. The summed E-state index contributed by atoms with van der Waals surface area (Å²) in [4.78, 5) is 9.21. The second-order valence-corrected chi connectivity index (χ2v) is 9.80. The number of aromatic nitrogens is 2. The molecule has 0 saturated heterocycles. The lowest BCUT2D eigenvalue weighted by Gasteiger charge is -2.30. The molecule has 0 fully saturated rings. The molecule has 0 radical (unpaired) electrons. The summed E-state index contributed by atoms with van der Waals surface area (Å²) in [5.74, 6) is 0. The Morgan fingerprint density at radius 1 is 0.378 bits per heavy atom. The molecule has 0 aliphatic heterocycles. The van der Waals surface area contributed by atoms with Gasteiger partial charge in [-0.25, -0.2) is 9.97 Å². The van der Waals surface area contributed by atoms with Gasteiger partial charge >= 0.3 is 0 Å². The first-order valence-corrected chi connectivity index (χ1v) is 12.7. The summed E-state index contributed by atoms with van der Waals surface area (Å²) >= 11 is 0. The minimum Gasteiger partial charge on any atom is -0.236 e. The molecule has 0 atom stereocenters. The van der Waals surface area contributed by atoms with E-state index in [2.05, 4.69) is 119 Å². The molecule has 0 unspecified atom stereocenters. The minimum absolute atomic E-state index is 0.307. The Labute approximate surface area is 216 Å². The smallest absolute Gasteiger partial charge is 0.116 e. The normalized spacial score (nSPS) is 13.6. The van der Waals surface area contributed by atoms with Gasteiger partial charge in [0.2, 0.25) is 0 Å². The lowest BCUT2D eigenvalue weighted by molar-refractivity contribution is 0.794. The summed E-state index contributed by atoms with van der Waals surface area (Å²) in [7, 11) is 0. The average Bonchev–Trinajstić information content (AvgIpc) is 3.45. The lowest BCUT2D eigenvalue weighted by Crippen LogP contribution is -2.25. The Hall–Kier alpha value is -4.82. The average molecular weight is 471 g/mol. The van der Waals surface area contributed by atoms with Crippen LogP contribution in [0.4, 0.5) is 0 Å². The van der Waals surface area contributed by atoms with Gasteiger partial charge in [-0.1, -0.05) is 115 Å². The molecule has 172 valence electrons. The van der Waals surface area contributed by atoms with Crippen LogP contribution >= 0.6 is 0 Å². The van der Waals surface area contributed by atoms with E-state index in [0.29, 0.717) is 0 Å². The largest absolute Gasteiger partial charge is 0.236 e. The van der Waals surface area contributed by atoms with Crippen LogP contribution < -0.4 is 0 Å². The molecule has 0 saturated carbocycles. The van der Waals surface area contributed by atoms with E-state index in [1.54, 1.807) is 6.33 Å². The SMILES string of the molecule is c1ccc(-c2cc(-c3ccc4c(c3)-c3ccccc3C43c4ccccc4-c4ccccc43)ncn2)cc1. The Morgan fingerprint density at radius 3 is 1.49 bits per heavy atom. The molecule has 0 N–H and O–H groups in total. The van der Waals surface area contributed by atoms with Crippen molar-refractivity contribution in [3.05, 3.63) is 156 Å². The number of nitrogens with zero attached hydrogens (tertiary/aromatic N) is 2. The molecule has 1 spiro atoms. The molecule has 5 aromatic carbocycles. The molecule has 1 aromatic heterocycles. The predicted octanol–water partition coefficient (Wildman–Crippen LogP) is 8.15. The number of rotatable bonds is 2. The van der Waals surface area contributed by atoms with Gasteiger partial charge in [0.15, 0.2) is 0 Å². The van der Waals surface area contributed by atoms with Crippen LogP contribution in [-0.4, -0.2) is 9.97 Å². The van der Waals surface area contributed by atoms with Gasteiger partial charge in [0.05, 0.1) is 16.8 Å². The molecule has 0 bridgehead atoms. The third kappa shape index (κ3) is 2.70. The Balaban J connectivity index is 1.38. The maximum absolute atomic E-state index is 4.67. The van der Waals surface area contributed by atoms with Gasteiger partial charge < -0.3 is 0 Å². The molecule has 2 aliphatic carbocycles. The summed E-state index contributed by atoms with van der Waals surface area (Å²) in [6.45, 7) is 0. The van der Waals surface area contributed by atoms with Crippen LogP contribution in [0.5, 0.6) is 0 Å². The van der Waals surface area contributed by atoms with E-state index in [-0.39, 0.29) is 5.41 Å². The predicted molar refractivity (Wildman–Crippen MR) is 149 cm³/mol. The van der Waals surface area contributed by atoms with E-state index in [1.165, 1.54) is 44.5 Å². The van der Waals surface area contributed by atoms with Crippen molar-refractivity contribution in [1.82, 2.24) is 9.97 Å². The molecule has 8 rings (SSSR count). The second kappa shape index (κ2) is 7.59. The monoisotopic (exact) mass is 470 g/mol. The zero-order valence-electron chi connectivity index (χ0n) is 20.1. The van der Waals surface area contributed by atoms with Gasteiger partial charge in [-0.15, -0.1) is 0 Å². The van der Waals surface area contributed by atoms with E-state index >= 15 is 0 Å². The van der Waals surface area contributed by atoms with Gasteiger partial charge in [-0.05, 0) is 56.6 Å². The lowest BCUT2D eigenvalue weighted by atomic mass is 9.70. The second-order valence-electron chi connectivity index (χ2n) is 9.80. The first-order chi connectivity index (χ1) is 18.4. The molecule has 2 aliphatic rings. The van der Waals surface area contributed by atoms with Crippen LogP contribution in [0.15, 0.2) is 134 Å². The highest BCUT2D eigenvalue weighted by Gasteiger charge is 2.51. The first-order valence-electron chi connectivity index (χ1n) is 12.7. The van der Waals surface area contributed by atoms with Crippen molar-refractivity contribution in [2.75, 3.05) is 0 Å².